The monoisotopic (exact) mass is 618 g/mol. The highest BCUT2D eigenvalue weighted by Crippen LogP contribution is 2.46. The first-order valence-electron chi connectivity index (χ1n) is 17.1. The first-order valence-corrected chi connectivity index (χ1v) is 17.1. The molecule has 0 N–H and O–H groups in total. The van der Waals surface area contributed by atoms with Crippen molar-refractivity contribution in [2.45, 2.75) is 37.5 Å². The van der Waals surface area contributed by atoms with Crippen LogP contribution in [-0.2, 0) is 5.41 Å². The molecule has 0 bridgehead atoms. The van der Waals surface area contributed by atoms with Gasteiger partial charge >= 0.3 is 0 Å². The normalized spacial score (nSPS) is 14.0. The van der Waals surface area contributed by atoms with E-state index in [0.717, 1.165) is 33.9 Å². The molecular weight excluding hydrogens is 581 g/mol. The molecule has 6 aromatic carbocycles. The molecule has 0 unspecified atom stereocenters. The van der Waals surface area contributed by atoms with E-state index in [2.05, 4.69) is 146 Å². The van der Waals surface area contributed by atoms with Crippen LogP contribution < -0.4 is 0 Å². The SMILES string of the molecule is c1ccc(-c2ccc(-c3ccc(C4(c5ccc(-c6cc(-c7ccccc7)nc(-c7ccccc7)n6)cc5)CCCCC4)cc3)cc2)cc1. The summed E-state index contributed by atoms with van der Waals surface area (Å²) in [6, 6.07) is 60.9. The van der Waals surface area contributed by atoms with Gasteiger partial charge in [-0.25, -0.2) is 9.97 Å². The standard InChI is InChI=1S/C46H38N2/c1-5-13-34(14-6-1)35-19-21-36(22-20-35)37-23-27-41(28-24-37)46(31-11-4-12-32-46)42-29-25-39(26-30-42)44-33-43(38-15-7-2-8-16-38)47-45(48-44)40-17-9-3-10-18-40/h1-3,5-10,13-30,33H,4,11-12,31-32H2. The van der Waals surface area contributed by atoms with Gasteiger partial charge in [0, 0.05) is 22.1 Å². The van der Waals surface area contributed by atoms with Gasteiger partial charge in [-0.2, -0.15) is 0 Å². The summed E-state index contributed by atoms with van der Waals surface area (Å²) in [5.41, 5.74) is 12.9. The van der Waals surface area contributed by atoms with Crippen LogP contribution in [0, 0.1) is 0 Å². The molecule has 7 aromatic rings. The van der Waals surface area contributed by atoms with Crippen LogP contribution in [0.3, 0.4) is 0 Å². The van der Waals surface area contributed by atoms with Crippen LogP contribution in [0.15, 0.2) is 170 Å². The fraction of sp³-hybridized carbons (Fsp3) is 0.130. The van der Waals surface area contributed by atoms with E-state index in [1.54, 1.807) is 0 Å². The van der Waals surface area contributed by atoms with Gasteiger partial charge in [-0.3, -0.25) is 0 Å². The quantitative estimate of drug-likeness (QED) is 0.178. The highest BCUT2D eigenvalue weighted by Gasteiger charge is 2.35. The molecule has 0 spiro atoms. The lowest BCUT2D eigenvalue weighted by Gasteiger charge is -2.39. The van der Waals surface area contributed by atoms with Gasteiger partial charge < -0.3 is 0 Å². The second-order valence-corrected chi connectivity index (χ2v) is 12.9. The summed E-state index contributed by atoms with van der Waals surface area (Å²) in [5, 5.41) is 0. The molecule has 1 aliphatic carbocycles. The number of benzene rings is 6. The van der Waals surface area contributed by atoms with Crippen molar-refractivity contribution in [2.24, 2.45) is 0 Å². The minimum Gasteiger partial charge on any atom is -0.228 e. The maximum absolute atomic E-state index is 5.07. The average molecular weight is 619 g/mol. The molecule has 2 nitrogen and oxygen atoms in total. The summed E-state index contributed by atoms with van der Waals surface area (Å²) in [6.45, 7) is 0. The molecule has 0 amide bonds. The summed E-state index contributed by atoms with van der Waals surface area (Å²) in [7, 11) is 0. The second-order valence-electron chi connectivity index (χ2n) is 12.9. The predicted molar refractivity (Wildman–Crippen MR) is 200 cm³/mol. The van der Waals surface area contributed by atoms with E-state index in [-0.39, 0.29) is 5.41 Å². The summed E-state index contributed by atoms with van der Waals surface area (Å²) in [5.74, 6) is 0.745. The minimum atomic E-state index is 0.0164. The van der Waals surface area contributed by atoms with Crippen molar-refractivity contribution in [1.82, 2.24) is 9.97 Å². The molecule has 8 rings (SSSR count). The number of hydrogen-bond donors (Lipinski definition) is 0. The molecule has 48 heavy (non-hydrogen) atoms. The summed E-state index contributed by atoms with van der Waals surface area (Å²) >= 11 is 0. The highest BCUT2D eigenvalue weighted by molar-refractivity contribution is 5.73. The van der Waals surface area contributed by atoms with Crippen LogP contribution in [0.2, 0.25) is 0 Å². The van der Waals surface area contributed by atoms with E-state index in [9.17, 15) is 0 Å². The molecular formula is C46H38N2. The Hall–Kier alpha value is -5.60. The smallest absolute Gasteiger partial charge is 0.160 e. The topological polar surface area (TPSA) is 25.8 Å². The third kappa shape index (κ3) is 5.98. The molecule has 1 aromatic heterocycles. The minimum absolute atomic E-state index is 0.0164. The molecule has 232 valence electrons. The zero-order valence-electron chi connectivity index (χ0n) is 27.1. The van der Waals surface area contributed by atoms with Gasteiger partial charge in [-0.1, -0.05) is 183 Å². The van der Waals surface area contributed by atoms with Crippen molar-refractivity contribution in [2.75, 3.05) is 0 Å². The van der Waals surface area contributed by atoms with Crippen LogP contribution in [0.4, 0.5) is 0 Å². The van der Waals surface area contributed by atoms with Gasteiger partial charge in [0.2, 0.25) is 0 Å². The number of hydrogen-bond acceptors (Lipinski definition) is 2. The molecule has 1 fully saturated rings. The molecule has 2 heteroatoms. The Morgan fingerprint density at radius 2 is 0.688 bits per heavy atom. The second kappa shape index (κ2) is 13.3. The third-order valence-electron chi connectivity index (χ3n) is 10.0. The van der Waals surface area contributed by atoms with Crippen molar-refractivity contribution in [3.05, 3.63) is 181 Å². The zero-order chi connectivity index (χ0) is 32.2. The third-order valence-corrected chi connectivity index (χ3v) is 10.0. The first kappa shape index (κ1) is 29.8. The number of aromatic nitrogens is 2. The van der Waals surface area contributed by atoms with Crippen LogP contribution in [0.25, 0.3) is 56.2 Å². The van der Waals surface area contributed by atoms with E-state index in [1.165, 1.54) is 65.5 Å². The average Bonchev–Trinajstić information content (AvgIpc) is 3.19. The Morgan fingerprint density at radius 3 is 1.17 bits per heavy atom. The van der Waals surface area contributed by atoms with E-state index < -0.39 is 0 Å². The van der Waals surface area contributed by atoms with Crippen LogP contribution in [0.5, 0.6) is 0 Å². The molecule has 1 saturated carbocycles. The van der Waals surface area contributed by atoms with Crippen LogP contribution >= 0.6 is 0 Å². The van der Waals surface area contributed by atoms with Crippen molar-refractivity contribution < 1.29 is 0 Å². The Labute approximate surface area is 283 Å². The zero-order valence-corrected chi connectivity index (χ0v) is 27.1. The molecule has 0 aliphatic heterocycles. The highest BCUT2D eigenvalue weighted by atomic mass is 14.9. The Bertz CT molecular complexity index is 2040. The summed E-state index contributed by atoms with van der Waals surface area (Å²) < 4.78 is 0. The predicted octanol–water partition coefficient (Wildman–Crippen LogP) is 12.1. The number of nitrogens with zero attached hydrogens (tertiary/aromatic N) is 2. The van der Waals surface area contributed by atoms with Gasteiger partial charge in [0.1, 0.15) is 0 Å². The van der Waals surface area contributed by atoms with Crippen molar-refractivity contribution >= 4 is 0 Å². The lowest BCUT2D eigenvalue weighted by atomic mass is 9.65. The largest absolute Gasteiger partial charge is 0.228 e. The van der Waals surface area contributed by atoms with Crippen LogP contribution in [-0.4, -0.2) is 9.97 Å². The molecule has 0 saturated heterocycles. The van der Waals surface area contributed by atoms with Crippen molar-refractivity contribution in [3.8, 4) is 56.2 Å². The van der Waals surface area contributed by atoms with Crippen molar-refractivity contribution in [1.29, 1.82) is 0 Å². The van der Waals surface area contributed by atoms with E-state index in [4.69, 9.17) is 9.97 Å². The molecule has 0 radical (unpaired) electrons. The fourth-order valence-electron chi connectivity index (χ4n) is 7.40. The summed E-state index contributed by atoms with van der Waals surface area (Å²) in [4.78, 5) is 10.0. The number of rotatable bonds is 7. The lowest BCUT2D eigenvalue weighted by molar-refractivity contribution is 0.346. The fourth-order valence-corrected chi connectivity index (χ4v) is 7.40. The van der Waals surface area contributed by atoms with Gasteiger partial charge in [-0.05, 0) is 52.3 Å². The van der Waals surface area contributed by atoms with E-state index in [0.29, 0.717) is 0 Å². The molecule has 1 aliphatic rings. The summed E-state index contributed by atoms with van der Waals surface area (Å²) in [6.07, 6.45) is 6.13. The Kier molecular flexibility index (Phi) is 8.22. The van der Waals surface area contributed by atoms with Gasteiger partial charge in [0.15, 0.2) is 5.82 Å². The molecule has 1 heterocycles. The van der Waals surface area contributed by atoms with Gasteiger partial charge in [-0.15, -0.1) is 0 Å². The first-order chi connectivity index (χ1) is 23.7. The van der Waals surface area contributed by atoms with Gasteiger partial charge in [0.25, 0.3) is 0 Å². The molecule has 0 atom stereocenters. The lowest BCUT2D eigenvalue weighted by Crippen LogP contribution is -2.30. The Morgan fingerprint density at radius 1 is 0.333 bits per heavy atom. The van der Waals surface area contributed by atoms with Gasteiger partial charge in [0.05, 0.1) is 11.4 Å². The maximum atomic E-state index is 5.07. The van der Waals surface area contributed by atoms with E-state index >= 15 is 0 Å². The van der Waals surface area contributed by atoms with Crippen LogP contribution in [0.1, 0.15) is 43.2 Å². The maximum Gasteiger partial charge on any atom is 0.160 e. The Balaban J connectivity index is 1.11. The van der Waals surface area contributed by atoms with Crippen molar-refractivity contribution in [3.63, 3.8) is 0 Å². The van der Waals surface area contributed by atoms with E-state index in [1.807, 2.05) is 24.3 Å².